The average Bonchev–Trinajstić information content (AvgIpc) is 2.69. The highest BCUT2D eigenvalue weighted by Crippen LogP contribution is 2.31. The number of carbonyl (C=O) groups is 1. The molecule has 0 N–H and O–H groups in total. The quantitative estimate of drug-likeness (QED) is 0.475. The molecule has 0 spiro atoms. The van der Waals surface area contributed by atoms with E-state index < -0.39 is 6.09 Å². The van der Waals surface area contributed by atoms with E-state index in [1.54, 1.807) is 27.2 Å². The van der Waals surface area contributed by atoms with Gasteiger partial charge < -0.3 is 38.2 Å². The minimum Gasteiger partial charge on any atom is -1.00 e. The second-order valence-corrected chi connectivity index (χ2v) is 4.34. The number of benzene rings is 1. The zero-order chi connectivity index (χ0) is 14.9. The van der Waals surface area contributed by atoms with Crippen molar-refractivity contribution in [3.8, 4) is 11.5 Å². The summed E-state index contributed by atoms with van der Waals surface area (Å²) in [6, 6.07) is 3.62. The largest absolute Gasteiger partial charge is 1.00 e. The molecule has 1 heterocycles. The molecule has 0 atom stereocenters. The standard InChI is InChI=1S/C14H19N2O4.HI/c1-6-20-14(17)16-9(2)15(3)10-7-12(18-4)13(19-5)8-11(10)16;/h7-8H,6H2,1-5H3;1H/q+1;/p-1. The Kier molecular flexibility index (Phi) is 5.82. The van der Waals surface area contributed by atoms with Crippen LogP contribution in [0, 0.1) is 6.92 Å². The molecule has 0 radical (unpaired) electrons. The van der Waals surface area contributed by atoms with E-state index in [4.69, 9.17) is 14.2 Å². The van der Waals surface area contributed by atoms with Gasteiger partial charge in [0.1, 0.15) is 0 Å². The Labute approximate surface area is 140 Å². The Morgan fingerprint density at radius 2 is 1.81 bits per heavy atom. The van der Waals surface area contributed by atoms with E-state index in [1.165, 1.54) is 4.57 Å². The van der Waals surface area contributed by atoms with Crippen LogP contribution in [-0.2, 0) is 11.8 Å². The molecule has 2 aromatic rings. The Balaban J connectivity index is 0.00000220. The second-order valence-electron chi connectivity index (χ2n) is 4.34. The number of halogens is 1. The van der Waals surface area contributed by atoms with Crippen molar-refractivity contribution >= 4 is 17.1 Å². The van der Waals surface area contributed by atoms with Crippen LogP contribution in [0.2, 0.25) is 0 Å². The van der Waals surface area contributed by atoms with Crippen LogP contribution in [-0.4, -0.2) is 31.5 Å². The van der Waals surface area contributed by atoms with E-state index in [0.717, 1.165) is 16.9 Å². The summed E-state index contributed by atoms with van der Waals surface area (Å²) < 4.78 is 19.1. The van der Waals surface area contributed by atoms with E-state index in [9.17, 15) is 4.79 Å². The van der Waals surface area contributed by atoms with Crippen LogP contribution in [0.3, 0.4) is 0 Å². The minimum absolute atomic E-state index is 0. The maximum Gasteiger partial charge on any atom is 0.512 e. The fraction of sp³-hybridized carbons (Fsp3) is 0.429. The number of carbonyl (C=O) groups excluding carboxylic acids is 1. The highest BCUT2D eigenvalue weighted by molar-refractivity contribution is 5.87. The van der Waals surface area contributed by atoms with Crippen molar-refractivity contribution in [3.05, 3.63) is 18.0 Å². The molecule has 0 aliphatic carbocycles. The molecule has 0 amide bonds. The lowest BCUT2D eigenvalue weighted by molar-refractivity contribution is -0.651. The van der Waals surface area contributed by atoms with Crippen LogP contribution < -0.4 is 38.0 Å². The fourth-order valence-electron chi connectivity index (χ4n) is 2.22. The molecule has 0 bridgehead atoms. The predicted octanol–water partition coefficient (Wildman–Crippen LogP) is -1.20. The summed E-state index contributed by atoms with van der Waals surface area (Å²) in [7, 11) is 5.03. The topological polar surface area (TPSA) is 53.6 Å². The summed E-state index contributed by atoms with van der Waals surface area (Å²) in [4.78, 5) is 12.1. The van der Waals surface area contributed by atoms with E-state index in [0.29, 0.717) is 18.1 Å². The lowest BCUT2D eigenvalue weighted by Crippen LogP contribution is -3.00. The molecule has 6 nitrogen and oxygen atoms in total. The molecule has 0 fully saturated rings. The highest BCUT2D eigenvalue weighted by Gasteiger charge is 2.28. The van der Waals surface area contributed by atoms with Crippen LogP contribution in [0.25, 0.3) is 11.0 Å². The molecule has 0 aliphatic heterocycles. The number of hydrogen-bond acceptors (Lipinski definition) is 4. The molecule has 0 saturated carbocycles. The van der Waals surface area contributed by atoms with Crippen LogP contribution in [0.4, 0.5) is 4.79 Å². The SMILES string of the molecule is CCOC(=O)n1c(C)[n+](C)c2cc(OC)c(OC)cc21.[I-]. The van der Waals surface area contributed by atoms with Crippen molar-refractivity contribution in [1.29, 1.82) is 0 Å². The van der Waals surface area contributed by atoms with Crippen LogP contribution in [0.1, 0.15) is 12.7 Å². The van der Waals surface area contributed by atoms with Crippen molar-refractivity contribution in [2.45, 2.75) is 13.8 Å². The van der Waals surface area contributed by atoms with Crippen molar-refractivity contribution in [3.63, 3.8) is 0 Å². The van der Waals surface area contributed by atoms with Crippen LogP contribution >= 0.6 is 0 Å². The van der Waals surface area contributed by atoms with Gasteiger partial charge in [-0.15, -0.1) is 4.57 Å². The van der Waals surface area contributed by atoms with Gasteiger partial charge >= 0.3 is 6.09 Å². The number of hydrogen-bond donors (Lipinski definition) is 0. The summed E-state index contributed by atoms with van der Waals surface area (Å²) in [5.74, 6) is 1.97. The van der Waals surface area contributed by atoms with Gasteiger partial charge in [0, 0.05) is 19.1 Å². The number of methoxy groups -OCH3 is 2. The van der Waals surface area contributed by atoms with Gasteiger partial charge in [-0.1, -0.05) is 0 Å². The molecular formula is C14H19IN2O4. The molecule has 7 heteroatoms. The number of fused-ring (bicyclic) bond motifs is 1. The van der Waals surface area contributed by atoms with Crippen LogP contribution in [0.5, 0.6) is 11.5 Å². The summed E-state index contributed by atoms with van der Waals surface area (Å²) in [5, 5.41) is 0. The van der Waals surface area contributed by atoms with E-state index in [-0.39, 0.29) is 24.0 Å². The third kappa shape index (κ3) is 2.92. The molecule has 116 valence electrons. The third-order valence-electron chi connectivity index (χ3n) is 3.34. The maximum atomic E-state index is 12.1. The second kappa shape index (κ2) is 6.97. The summed E-state index contributed by atoms with van der Waals surface area (Å²) in [6.07, 6.45) is -0.400. The molecule has 1 aromatic carbocycles. The minimum atomic E-state index is -0.400. The van der Waals surface area contributed by atoms with Crippen LogP contribution in [0.15, 0.2) is 12.1 Å². The number of imidazole rings is 1. The molecule has 1 aromatic heterocycles. The van der Waals surface area contributed by atoms with Gasteiger partial charge in [-0.2, -0.15) is 4.79 Å². The first kappa shape index (κ1) is 17.5. The normalized spacial score (nSPS) is 10.1. The molecule has 0 unspecified atom stereocenters. The summed E-state index contributed by atoms with van der Waals surface area (Å²) in [5.41, 5.74) is 1.59. The zero-order valence-corrected chi connectivity index (χ0v) is 14.9. The first-order valence-corrected chi connectivity index (χ1v) is 6.35. The van der Waals surface area contributed by atoms with Crippen molar-refractivity contribution in [2.24, 2.45) is 7.05 Å². The number of aromatic nitrogens is 2. The lowest BCUT2D eigenvalue weighted by Gasteiger charge is -2.06. The first-order chi connectivity index (χ1) is 9.54. The fourth-order valence-corrected chi connectivity index (χ4v) is 2.22. The zero-order valence-electron chi connectivity index (χ0n) is 12.8. The van der Waals surface area contributed by atoms with Crippen molar-refractivity contribution in [2.75, 3.05) is 20.8 Å². The molecule has 0 saturated heterocycles. The molecule has 2 rings (SSSR count). The Hall–Kier alpha value is -1.51. The van der Waals surface area contributed by atoms with Gasteiger partial charge in [-0.05, 0) is 6.92 Å². The Morgan fingerprint density at radius 3 is 2.33 bits per heavy atom. The van der Waals surface area contributed by atoms with E-state index >= 15 is 0 Å². The lowest BCUT2D eigenvalue weighted by atomic mass is 10.2. The highest BCUT2D eigenvalue weighted by atomic mass is 127. The predicted molar refractivity (Wildman–Crippen MR) is 73.4 cm³/mol. The van der Waals surface area contributed by atoms with Gasteiger partial charge in [-0.3, -0.25) is 0 Å². The third-order valence-corrected chi connectivity index (χ3v) is 3.34. The van der Waals surface area contributed by atoms with Gasteiger partial charge in [0.05, 0.1) is 27.9 Å². The Bertz CT molecular complexity index is 667. The average molecular weight is 406 g/mol. The summed E-state index contributed by atoms with van der Waals surface area (Å²) in [6.45, 7) is 3.97. The first-order valence-electron chi connectivity index (χ1n) is 6.35. The Morgan fingerprint density at radius 1 is 1.24 bits per heavy atom. The van der Waals surface area contributed by atoms with Crippen molar-refractivity contribution < 1.29 is 47.5 Å². The van der Waals surface area contributed by atoms with Gasteiger partial charge in [0.15, 0.2) is 22.5 Å². The van der Waals surface area contributed by atoms with Gasteiger partial charge in [0.2, 0.25) is 0 Å². The van der Waals surface area contributed by atoms with E-state index in [2.05, 4.69) is 0 Å². The molecule has 21 heavy (non-hydrogen) atoms. The smallest absolute Gasteiger partial charge is 0.512 e. The number of aryl methyl sites for hydroxylation is 1. The van der Waals surface area contributed by atoms with Crippen molar-refractivity contribution in [1.82, 2.24) is 4.57 Å². The number of rotatable bonds is 3. The van der Waals surface area contributed by atoms with Gasteiger partial charge in [0.25, 0.3) is 5.82 Å². The number of ether oxygens (including phenoxy) is 3. The molecule has 0 aliphatic rings. The van der Waals surface area contributed by atoms with Gasteiger partial charge in [-0.25, -0.2) is 4.57 Å². The van der Waals surface area contributed by atoms with E-state index in [1.807, 2.05) is 24.6 Å². The molecular weight excluding hydrogens is 387 g/mol. The maximum absolute atomic E-state index is 12.1. The number of nitrogens with zero attached hydrogens (tertiary/aromatic N) is 2. The monoisotopic (exact) mass is 406 g/mol. The summed E-state index contributed by atoms with van der Waals surface area (Å²) >= 11 is 0.